The quantitative estimate of drug-likeness (QED) is 0.686. The number of sulfonamides is 1. The van der Waals surface area contributed by atoms with E-state index in [0.717, 1.165) is 32.1 Å². The molecule has 3 N–H and O–H groups in total. The second kappa shape index (κ2) is 7.85. The van der Waals surface area contributed by atoms with Crippen LogP contribution < -0.4 is 20.1 Å². The molecule has 1 aromatic rings. The molecule has 1 aliphatic rings. The fourth-order valence-corrected chi connectivity index (χ4v) is 3.51. The lowest BCUT2D eigenvalue weighted by Crippen LogP contribution is -2.47. The maximum atomic E-state index is 12.7. The second-order valence-electron chi connectivity index (χ2n) is 5.98. The molecule has 2 rings (SSSR count). The number of anilines is 1. The average Bonchev–Trinajstić information content (AvgIpc) is 3.05. The van der Waals surface area contributed by atoms with E-state index in [1.165, 1.54) is 13.2 Å². The van der Waals surface area contributed by atoms with Crippen LogP contribution in [0.2, 0.25) is 0 Å². The number of carbonyl (C=O) groups excluding carboxylic acids is 1. The van der Waals surface area contributed by atoms with E-state index in [1.807, 2.05) is 6.92 Å². The predicted octanol–water partition coefficient (Wildman–Crippen LogP) is 1.33. The smallest absolute Gasteiger partial charge is 0.255 e. The highest BCUT2D eigenvalue weighted by Gasteiger charge is 2.26. The van der Waals surface area contributed by atoms with E-state index in [4.69, 9.17) is 4.74 Å². The first-order valence-electron chi connectivity index (χ1n) is 8.04. The van der Waals surface area contributed by atoms with Gasteiger partial charge in [-0.2, -0.15) is 0 Å². The lowest BCUT2D eigenvalue weighted by molar-refractivity contribution is 0.0924. The highest BCUT2D eigenvalue weighted by atomic mass is 32.2. The second-order valence-corrected chi connectivity index (χ2v) is 7.73. The van der Waals surface area contributed by atoms with Crippen LogP contribution in [0.5, 0.6) is 5.75 Å². The van der Waals surface area contributed by atoms with Gasteiger partial charge in [0, 0.05) is 17.8 Å². The van der Waals surface area contributed by atoms with Crippen molar-refractivity contribution in [3.05, 3.63) is 23.8 Å². The molecule has 0 aromatic heterocycles. The Balaban J connectivity index is 2.21. The number of hydrogen-bond acceptors (Lipinski definition) is 5. The molecule has 0 spiro atoms. The molecule has 1 heterocycles. The van der Waals surface area contributed by atoms with Gasteiger partial charge in [-0.3, -0.25) is 9.52 Å². The van der Waals surface area contributed by atoms with Crippen LogP contribution in [-0.4, -0.2) is 46.3 Å². The molecule has 0 bridgehead atoms. The van der Waals surface area contributed by atoms with Crippen LogP contribution in [0, 0.1) is 0 Å². The third-order valence-corrected chi connectivity index (χ3v) is 4.69. The van der Waals surface area contributed by atoms with Crippen LogP contribution >= 0.6 is 0 Å². The summed E-state index contributed by atoms with van der Waals surface area (Å²) >= 11 is 0. The molecule has 1 amide bonds. The van der Waals surface area contributed by atoms with Gasteiger partial charge in [-0.05, 0) is 44.0 Å². The molecule has 134 valence electrons. The standard InChI is InChI=1S/C16H25N3O4S/c1-4-13(14-6-5-9-17-14)18-16(20)12-10-11(19-24(3,21)22)7-8-15(12)23-2/h7-8,10,13-14,17,19H,4-6,9H2,1-3H3,(H,18,20). The number of nitrogens with one attached hydrogen (secondary N) is 3. The van der Waals surface area contributed by atoms with Gasteiger partial charge in [-0.25, -0.2) is 8.42 Å². The molecule has 24 heavy (non-hydrogen) atoms. The number of benzene rings is 1. The Labute approximate surface area is 143 Å². The average molecular weight is 355 g/mol. The first kappa shape index (κ1) is 18.5. The number of methoxy groups -OCH3 is 1. The first-order valence-corrected chi connectivity index (χ1v) is 9.93. The SMILES string of the molecule is CCC(NC(=O)c1cc(NS(C)(=O)=O)ccc1OC)C1CCCN1. The molecule has 1 aromatic carbocycles. The zero-order chi connectivity index (χ0) is 17.7. The highest BCUT2D eigenvalue weighted by Crippen LogP contribution is 2.24. The van der Waals surface area contributed by atoms with E-state index in [0.29, 0.717) is 17.0 Å². The van der Waals surface area contributed by atoms with Crippen molar-refractivity contribution in [2.75, 3.05) is 24.6 Å². The molecule has 2 atom stereocenters. The summed E-state index contributed by atoms with van der Waals surface area (Å²) in [6.07, 6.45) is 4.02. The Morgan fingerprint density at radius 3 is 2.75 bits per heavy atom. The van der Waals surface area contributed by atoms with Crippen LogP contribution in [0.25, 0.3) is 0 Å². The molecule has 8 heteroatoms. The van der Waals surface area contributed by atoms with E-state index >= 15 is 0 Å². The molecule has 1 saturated heterocycles. The summed E-state index contributed by atoms with van der Waals surface area (Å²) in [6.45, 7) is 3.00. The molecular weight excluding hydrogens is 330 g/mol. The van der Waals surface area contributed by atoms with Crippen molar-refractivity contribution in [2.24, 2.45) is 0 Å². The molecule has 2 unspecified atom stereocenters. The highest BCUT2D eigenvalue weighted by molar-refractivity contribution is 7.92. The van der Waals surface area contributed by atoms with Crippen molar-refractivity contribution in [1.82, 2.24) is 10.6 Å². The Morgan fingerprint density at radius 2 is 2.21 bits per heavy atom. The molecule has 0 aliphatic carbocycles. The van der Waals surface area contributed by atoms with E-state index in [1.54, 1.807) is 12.1 Å². The fraction of sp³-hybridized carbons (Fsp3) is 0.562. The van der Waals surface area contributed by atoms with E-state index in [-0.39, 0.29) is 18.0 Å². The zero-order valence-electron chi connectivity index (χ0n) is 14.3. The molecule has 1 fully saturated rings. The predicted molar refractivity (Wildman–Crippen MR) is 94.0 cm³/mol. The third-order valence-electron chi connectivity index (χ3n) is 4.09. The Kier molecular flexibility index (Phi) is 6.06. The number of ether oxygens (including phenoxy) is 1. The molecule has 1 aliphatic heterocycles. The summed E-state index contributed by atoms with van der Waals surface area (Å²) in [4.78, 5) is 12.7. The third kappa shape index (κ3) is 4.85. The molecule has 0 saturated carbocycles. The van der Waals surface area contributed by atoms with Gasteiger partial charge in [0.15, 0.2) is 0 Å². The summed E-state index contributed by atoms with van der Waals surface area (Å²) < 4.78 is 30.4. The van der Waals surface area contributed by atoms with Gasteiger partial charge in [0.05, 0.1) is 18.9 Å². The van der Waals surface area contributed by atoms with Gasteiger partial charge in [-0.15, -0.1) is 0 Å². The van der Waals surface area contributed by atoms with Crippen molar-refractivity contribution >= 4 is 21.6 Å². The van der Waals surface area contributed by atoms with Gasteiger partial charge in [0.2, 0.25) is 10.0 Å². The van der Waals surface area contributed by atoms with Gasteiger partial charge in [0.25, 0.3) is 5.91 Å². The maximum absolute atomic E-state index is 12.7. The lowest BCUT2D eigenvalue weighted by atomic mass is 10.0. The van der Waals surface area contributed by atoms with Crippen molar-refractivity contribution in [2.45, 2.75) is 38.3 Å². The molecule has 0 radical (unpaired) electrons. The topological polar surface area (TPSA) is 96.5 Å². The first-order chi connectivity index (χ1) is 11.3. The van der Waals surface area contributed by atoms with Crippen molar-refractivity contribution < 1.29 is 17.9 Å². The number of hydrogen-bond donors (Lipinski definition) is 3. The van der Waals surface area contributed by atoms with Crippen LogP contribution in [0.4, 0.5) is 5.69 Å². The van der Waals surface area contributed by atoms with E-state index < -0.39 is 10.0 Å². The summed E-state index contributed by atoms with van der Waals surface area (Å²) in [7, 11) is -1.93. The normalized spacial score (nSPS) is 18.9. The Bertz CT molecular complexity index is 685. The number of rotatable bonds is 7. The van der Waals surface area contributed by atoms with Crippen molar-refractivity contribution in [3.63, 3.8) is 0 Å². The Hall–Kier alpha value is -1.80. The van der Waals surface area contributed by atoms with Crippen LogP contribution in [-0.2, 0) is 10.0 Å². The largest absolute Gasteiger partial charge is 0.496 e. The zero-order valence-corrected chi connectivity index (χ0v) is 15.1. The summed E-state index contributed by atoms with van der Waals surface area (Å²) in [5.74, 6) is 0.130. The van der Waals surface area contributed by atoms with Gasteiger partial charge in [0.1, 0.15) is 5.75 Å². The minimum atomic E-state index is -3.41. The molecular formula is C16H25N3O4S. The minimum Gasteiger partial charge on any atom is -0.496 e. The molecule has 7 nitrogen and oxygen atoms in total. The van der Waals surface area contributed by atoms with Gasteiger partial charge < -0.3 is 15.4 Å². The van der Waals surface area contributed by atoms with E-state index in [2.05, 4.69) is 15.4 Å². The van der Waals surface area contributed by atoms with Crippen molar-refractivity contribution in [1.29, 1.82) is 0 Å². The summed E-state index contributed by atoms with van der Waals surface area (Å²) in [6, 6.07) is 4.92. The van der Waals surface area contributed by atoms with Crippen LogP contribution in [0.1, 0.15) is 36.5 Å². The summed E-state index contributed by atoms with van der Waals surface area (Å²) in [5, 5.41) is 6.43. The minimum absolute atomic E-state index is 0.0243. The monoisotopic (exact) mass is 355 g/mol. The van der Waals surface area contributed by atoms with Gasteiger partial charge >= 0.3 is 0 Å². The fourth-order valence-electron chi connectivity index (χ4n) is 2.95. The Morgan fingerprint density at radius 1 is 1.46 bits per heavy atom. The van der Waals surface area contributed by atoms with E-state index in [9.17, 15) is 13.2 Å². The lowest BCUT2D eigenvalue weighted by Gasteiger charge is -2.24. The maximum Gasteiger partial charge on any atom is 0.255 e. The van der Waals surface area contributed by atoms with Crippen molar-refractivity contribution in [3.8, 4) is 5.75 Å². The number of amides is 1. The number of carbonyl (C=O) groups is 1. The summed E-state index contributed by atoms with van der Waals surface area (Å²) in [5.41, 5.74) is 0.637. The van der Waals surface area contributed by atoms with Gasteiger partial charge in [-0.1, -0.05) is 6.92 Å². The van der Waals surface area contributed by atoms with Crippen LogP contribution in [0.3, 0.4) is 0 Å². The van der Waals surface area contributed by atoms with Crippen LogP contribution in [0.15, 0.2) is 18.2 Å².